The number of hydrogen-bond donors (Lipinski definition) is 0. The first kappa shape index (κ1) is 18.2. The third kappa shape index (κ3) is 6.65. The Kier molecular flexibility index (Phi) is 8.03. The van der Waals surface area contributed by atoms with Crippen LogP contribution in [0.4, 0.5) is 0 Å². The van der Waals surface area contributed by atoms with Gasteiger partial charge in [0, 0.05) is 6.54 Å². The van der Waals surface area contributed by atoms with Crippen molar-refractivity contribution in [3.63, 3.8) is 0 Å². The van der Waals surface area contributed by atoms with Gasteiger partial charge >= 0.3 is 0 Å². The Labute approximate surface area is 132 Å². The van der Waals surface area contributed by atoms with Crippen LogP contribution < -0.4 is 0 Å². The lowest BCUT2D eigenvalue weighted by Crippen LogP contribution is -2.26. The predicted molar refractivity (Wildman–Crippen MR) is 94.9 cm³/mol. The molecular weight excluding hydrogens is 254 g/mol. The number of hydrogen-bond acceptors (Lipinski definition) is 1. The SMILES string of the molecule is CCCN(CCCCC(C)C)Cc1cc(C)cc(C)c1C. The molecule has 1 aromatic carbocycles. The highest BCUT2D eigenvalue weighted by Crippen LogP contribution is 2.18. The second-order valence-corrected chi connectivity index (χ2v) is 7.03. The summed E-state index contributed by atoms with van der Waals surface area (Å²) in [7, 11) is 0. The quantitative estimate of drug-likeness (QED) is 0.531. The summed E-state index contributed by atoms with van der Waals surface area (Å²) < 4.78 is 0. The third-order valence-electron chi connectivity index (χ3n) is 4.36. The van der Waals surface area contributed by atoms with E-state index >= 15 is 0 Å². The van der Waals surface area contributed by atoms with Crippen LogP contribution in [0.5, 0.6) is 0 Å². The zero-order chi connectivity index (χ0) is 15.8. The van der Waals surface area contributed by atoms with Crippen molar-refractivity contribution in [2.45, 2.75) is 73.8 Å². The summed E-state index contributed by atoms with van der Waals surface area (Å²) in [6, 6.07) is 4.67. The fraction of sp³-hybridized carbons (Fsp3) is 0.700. The number of benzene rings is 1. The fourth-order valence-corrected chi connectivity index (χ4v) is 3.01. The smallest absolute Gasteiger partial charge is 0.0236 e. The molecule has 0 aromatic heterocycles. The van der Waals surface area contributed by atoms with Crippen LogP contribution in [-0.4, -0.2) is 18.0 Å². The summed E-state index contributed by atoms with van der Waals surface area (Å²) in [6.07, 6.45) is 5.31. The molecule has 0 radical (unpaired) electrons. The Morgan fingerprint density at radius 2 is 1.71 bits per heavy atom. The van der Waals surface area contributed by atoms with Gasteiger partial charge in [-0.1, -0.05) is 51.3 Å². The summed E-state index contributed by atoms with van der Waals surface area (Å²) in [6.45, 7) is 17.2. The lowest BCUT2D eigenvalue weighted by molar-refractivity contribution is 0.257. The molecule has 21 heavy (non-hydrogen) atoms. The first-order valence-corrected chi connectivity index (χ1v) is 8.73. The standard InChI is InChI=1S/C20H35N/c1-7-11-21(12-9-8-10-16(2)3)15-20-14-17(4)13-18(5)19(20)6/h13-14,16H,7-12,15H2,1-6H3. The lowest BCUT2D eigenvalue weighted by atomic mass is 9.99. The van der Waals surface area contributed by atoms with E-state index in [1.54, 1.807) is 0 Å². The van der Waals surface area contributed by atoms with Crippen molar-refractivity contribution in [1.29, 1.82) is 0 Å². The van der Waals surface area contributed by atoms with Gasteiger partial charge in [-0.2, -0.15) is 0 Å². The summed E-state index contributed by atoms with van der Waals surface area (Å²) in [5.41, 5.74) is 5.82. The molecular formula is C20H35N. The van der Waals surface area contributed by atoms with Crippen LogP contribution in [0.2, 0.25) is 0 Å². The van der Waals surface area contributed by atoms with Crippen molar-refractivity contribution in [3.05, 3.63) is 34.4 Å². The number of rotatable bonds is 9. The highest BCUT2D eigenvalue weighted by molar-refractivity contribution is 5.37. The fourth-order valence-electron chi connectivity index (χ4n) is 3.01. The number of unbranched alkanes of at least 4 members (excludes halogenated alkanes) is 1. The van der Waals surface area contributed by atoms with E-state index in [1.807, 2.05) is 0 Å². The zero-order valence-electron chi connectivity index (χ0n) is 15.1. The molecule has 0 bridgehead atoms. The van der Waals surface area contributed by atoms with Crippen molar-refractivity contribution in [2.75, 3.05) is 13.1 Å². The van der Waals surface area contributed by atoms with Gasteiger partial charge in [0.25, 0.3) is 0 Å². The Bertz CT molecular complexity index is 420. The van der Waals surface area contributed by atoms with Crippen LogP contribution in [0.1, 0.15) is 68.7 Å². The minimum atomic E-state index is 0.839. The lowest BCUT2D eigenvalue weighted by Gasteiger charge is -2.24. The Hall–Kier alpha value is -0.820. The van der Waals surface area contributed by atoms with Crippen molar-refractivity contribution < 1.29 is 0 Å². The van der Waals surface area contributed by atoms with Gasteiger partial charge in [-0.3, -0.25) is 4.90 Å². The molecule has 0 aliphatic heterocycles. The summed E-state index contributed by atoms with van der Waals surface area (Å²) >= 11 is 0. The third-order valence-corrected chi connectivity index (χ3v) is 4.36. The molecule has 120 valence electrons. The van der Waals surface area contributed by atoms with E-state index < -0.39 is 0 Å². The molecule has 0 saturated heterocycles. The second-order valence-electron chi connectivity index (χ2n) is 7.03. The molecule has 0 atom stereocenters. The average molecular weight is 290 g/mol. The molecule has 0 aliphatic rings. The first-order valence-electron chi connectivity index (χ1n) is 8.73. The summed E-state index contributed by atoms with van der Waals surface area (Å²) in [4.78, 5) is 2.64. The van der Waals surface area contributed by atoms with Gasteiger partial charge in [-0.25, -0.2) is 0 Å². The molecule has 0 amide bonds. The van der Waals surface area contributed by atoms with Gasteiger partial charge in [0.15, 0.2) is 0 Å². The molecule has 0 saturated carbocycles. The van der Waals surface area contributed by atoms with Gasteiger partial charge in [0.2, 0.25) is 0 Å². The van der Waals surface area contributed by atoms with Gasteiger partial charge in [0.05, 0.1) is 0 Å². The van der Waals surface area contributed by atoms with Gasteiger partial charge < -0.3 is 0 Å². The van der Waals surface area contributed by atoms with Crippen molar-refractivity contribution in [3.8, 4) is 0 Å². The maximum atomic E-state index is 2.64. The highest BCUT2D eigenvalue weighted by atomic mass is 15.1. The van der Waals surface area contributed by atoms with Crippen LogP contribution in [-0.2, 0) is 6.54 Å². The normalized spacial score (nSPS) is 11.6. The molecule has 1 nitrogen and oxygen atoms in total. The van der Waals surface area contributed by atoms with Gasteiger partial charge in [-0.05, 0) is 69.3 Å². The Balaban J connectivity index is 2.61. The highest BCUT2D eigenvalue weighted by Gasteiger charge is 2.09. The van der Waals surface area contributed by atoms with Crippen LogP contribution in [0.25, 0.3) is 0 Å². The summed E-state index contributed by atoms with van der Waals surface area (Å²) in [5, 5.41) is 0. The number of nitrogens with zero attached hydrogens (tertiary/aromatic N) is 1. The molecule has 1 rings (SSSR count). The van der Waals surface area contributed by atoms with Crippen molar-refractivity contribution in [2.24, 2.45) is 5.92 Å². The molecule has 0 N–H and O–H groups in total. The minimum Gasteiger partial charge on any atom is -0.299 e. The van der Waals surface area contributed by atoms with Crippen molar-refractivity contribution >= 4 is 0 Å². The largest absolute Gasteiger partial charge is 0.299 e. The molecule has 0 spiro atoms. The van der Waals surface area contributed by atoms with Gasteiger partial charge in [0.1, 0.15) is 0 Å². The van der Waals surface area contributed by atoms with E-state index in [0.717, 1.165) is 12.5 Å². The van der Waals surface area contributed by atoms with Crippen LogP contribution in [0, 0.1) is 26.7 Å². The second kappa shape index (κ2) is 9.25. The maximum Gasteiger partial charge on any atom is 0.0236 e. The Morgan fingerprint density at radius 3 is 2.33 bits per heavy atom. The van der Waals surface area contributed by atoms with Crippen LogP contribution in [0.15, 0.2) is 12.1 Å². The molecule has 0 aliphatic carbocycles. The van der Waals surface area contributed by atoms with E-state index in [0.29, 0.717) is 0 Å². The zero-order valence-corrected chi connectivity index (χ0v) is 15.1. The van der Waals surface area contributed by atoms with E-state index in [1.165, 1.54) is 61.0 Å². The topological polar surface area (TPSA) is 3.24 Å². The molecule has 0 heterocycles. The number of aryl methyl sites for hydroxylation is 2. The van der Waals surface area contributed by atoms with E-state index in [9.17, 15) is 0 Å². The first-order chi connectivity index (χ1) is 9.93. The van der Waals surface area contributed by atoms with Crippen LogP contribution in [0.3, 0.4) is 0 Å². The average Bonchev–Trinajstić information content (AvgIpc) is 2.40. The molecule has 1 heteroatoms. The summed E-state index contributed by atoms with van der Waals surface area (Å²) in [5.74, 6) is 0.839. The molecule has 0 fully saturated rings. The van der Waals surface area contributed by atoms with E-state index in [4.69, 9.17) is 0 Å². The maximum absolute atomic E-state index is 2.64. The predicted octanol–water partition coefficient (Wildman–Crippen LogP) is 5.65. The minimum absolute atomic E-state index is 0.839. The van der Waals surface area contributed by atoms with Gasteiger partial charge in [-0.15, -0.1) is 0 Å². The molecule has 0 unspecified atom stereocenters. The monoisotopic (exact) mass is 289 g/mol. The van der Waals surface area contributed by atoms with E-state index in [2.05, 4.69) is 58.6 Å². The van der Waals surface area contributed by atoms with Crippen LogP contribution >= 0.6 is 0 Å². The van der Waals surface area contributed by atoms with Crippen molar-refractivity contribution in [1.82, 2.24) is 4.90 Å². The molecule has 1 aromatic rings. The Morgan fingerprint density at radius 1 is 1.00 bits per heavy atom. The van der Waals surface area contributed by atoms with E-state index in [-0.39, 0.29) is 0 Å².